The van der Waals surface area contributed by atoms with Crippen LogP contribution >= 0.6 is 0 Å². The van der Waals surface area contributed by atoms with E-state index in [9.17, 15) is 9.59 Å². The van der Waals surface area contributed by atoms with E-state index in [-0.39, 0.29) is 17.7 Å². The lowest BCUT2D eigenvalue weighted by Crippen LogP contribution is -2.29. The van der Waals surface area contributed by atoms with E-state index >= 15 is 0 Å². The van der Waals surface area contributed by atoms with Gasteiger partial charge in [-0.15, -0.1) is 0 Å². The first-order valence-corrected chi connectivity index (χ1v) is 8.98. The van der Waals surface area contributed by atoms with E-state index < -0.39 is 0 Å². The standard InChI is InChI=1S/C18H23N5O2/c1-12(24)19-8-10-23-17-15(3-2-7-20-17)16(21-23)14-6-9-22(11-14)18(25)13-4-5-13/h2-3,7,13-14H,4-6,8-11H2,1H3,(H,19,24)/t14-/m1/s1. The quantitative estimate of drug-likeness (QED) is 0.889. The van der Waals surface area contributed by atoms with Gasteiger partial charge in [0, 0.05) is 50.0 Å². The maximum Gasteiger partial charge on any atom is 0.225 e. The third-order valence-electron chi connectivity index (χ3n) is 5.05. The van der Waals surface area contributed by atoms with Crippen LogP contribution < -0.4 is 5.32 Å². The summed E-state index contributed by atoms with van der Waals surface area (Å²) in [6, 6.07) is 3.97. The van der Waals surface area contributed by atoms with Crippen molar-refractivity contribution in [3.05, 3.63) is 24.0 Å². The van der Waals surface area contributed by atoms with E-state index in [1.807, 2.05) is 21.7 Å². The number of pyridine rings is 1. The number of nitrogens with zero attached hydrogens (tertiary/aromatic N) is 4. The molecule has 2 fully saturated rings. The highest BCUT2D eigenvalue weighted by Crippen LogP contribution is 2.36. The Kier molecular flexibility index (Phi) is 4.15. The van der Waals surface area contributed by atoms with Gasteiger partial charge in [0.2, 0.25) is 11.8 Å². The highest BCUT2D eigenvalue weighted by atomic mass is 16.2. The van der Waals surface area contributed by atoms with Crippen LogP contribution in [0.2, 0.25) is 0 Å². The zero-order valence-corrected chi connectivity index (χ0v) is 14.4. The smallest absolute Gasteiger partial charge is 0.225 e. The predicted molar refractivity (Wildman–Crippen MR) is 92.9 cm³/mol. The van der Waals surface area contributed by atoms with Crippen molar-refractivity contribution in [1.29, 1.82) is 0 Å². The zero-order valence-electron chi connectivity index (χ0n) is 14.4. The van der Waals surface area contributed by atoms with Gasteiger partial charge >= 0.3 is 0 Å². The Morgan fingerprint density at radius 2 is 2.16 bits per heavy atom. The minimum Gasteiger partial charge on any atom is -0.354 e. The molecule has 2 amide bonds. The summed E-state index contributed by atoms with van der Waals surface area (Å²) in [5.41, 5.74) is 1.87. The lowest BCUT2D eigenvalue weighted by Gasteiger charge is -2.15. The average Bonchev–Trinajstić information content (AvgIpc) is 3.23. The van der Waals surface area contributed by atoms with Gasteiger partial charge in [0.25, 0.3) is 0 Å². The van der Waals surface area contributed by atoms with Crippen molar-refractivity contribution in [2.45, 2.75) is 38.6 Å². The number of amides is 2. The van der Waals surface area contributed by atoms with Gasteiger partial charge in [0.15, 0.2) is 5.65 Å². The van der Waals surface area contributed by atoms with E-state index in [0.717, 1.165) is 49.1 Å². The fourth-order valence-electron chi connectivity index (χ4n) is 3.60. The molecule has 0 radical (unpaired) electrons. The van der Waals surface area contributed by atoms with Gasteiger partial charge < -0.3 is 10.2 Å². The lowest BCUT2D eigenvalue weighted by atomic mass is 10.0. The molecule has 2 aromatic rings. The Hall–Kier alpha value is -2.44. The monoisotopic (exact) mass is 341 g/mol. The Morgan fingerprint density at radius 1 is 1.32 bits per heavy atom. The molecule has 7 heteroatoms. The minimum atomic E-state index is -0.0466. The van der Waals surface area contributed by atoms with Gasteiger partial charge in [-0.3, -0.25) is 9.59 Å². The van der Waals surface area contributed by atoms with E-state index in [0.29, 0.717) is 19.0 Å². The molecule has 132 valence electrons. The highest BCUT2D eigenvalue weighted by molar-refractivity contribution is 5.82. The van der Waals surface area contributed by atoms with Crippen LogP contribution in [0.3, 0.4) is 0 Å². The number of rotatable bonds is 5. The van der Waals surface area contributed by atoms with Crippen LogP contribution in [-0.2, 0) is 16.1 Å². The molecule has 4 rings (SSSR count). The molecule has 3 heterocycles. The Balaban J connectivity index is 1.55. The van der Waals surface area contributed by atoms with Crippen LogP contribution in [0.25, 0.3) is 11.0 Å². The molecule has 0 aromatic carbocycles. The third kappa shape index (κ3) is 3.23. The van der Waals surface area contributed by atoms with Crippen LogP contribution in [0.15, 0.2) is 18.3 Å². The zero-order chi connectivity index (χ0) is 17.4. The summed E-state index contributed by atoms with van der Waals surface area (Å²) >= 11 is 0. The Bertz CT molecular complexity index is 811. The molecule has 2 aliphatic rings. The number of likely N-dealkylation sites (tertiary alicyclic amines) is 1. The van der Waals surface area contributed by atoms with Crippen molar-refractivity contribution in [3.8, 4) is 0 Å². The maximum atomic E-state index is 12.3. The van der Waals surface area contributed by atoms with E-state index in [4.69, 9.17) is 5.10 Å². The van der Waals surface area contributed by atoms with Gasteiger partial charge in [0.1, 0.15) is 0 Å². The molecule has 0 bridgehead atoms. The van der Waals surface area contributed by atoms with Gasteiger partial charge in [-0.25, -0.2) is 9.67 Å². The van der Waals surface area contributed by atoms with E-state index in [2.05, 4.69) is 10.3 Å². The molecular weight excluding hydrogens is 318 g/mol. The van der Waals surface area contributed by atoms with Crippen molar-refractivity contribution < 1.29 is 9.59 Å². The van der Waals surface area contributed by atoms with Crippen LogP contribution in [0, 0.1) is 5.92 Å². The number of aromatic nitrogens is 3. The van der Waals surface area contributed by atoms with E-state index in [1.165, 1.54) is 6.92 Å². The summed E-state index contributed by atoms with van der Waals surface area (Å²) in [6.45, 7) is 4.20. The van der Waals surface area contributed by atoms with Crippen LogP contribution in [-0.4, -0.2) is 51.1 Å². The first-order chi connectivity index (χ1) is 12.1. The molecule has 1 aliphatic heterocycles. The molecule has 7 nitrogen and oxygen atoms in total. The van der Waals surface area contributed by atoms with Crippen molar-refractivity contribution in [2.75, 3.05) is 19.6 Å². The summed E-state index contributed by atoms with van der Waals surface area (Å²) in [4.78, 5) is 29.9. The molecule has 1 aliphatic carbocycles. The number of hydrogen-bond acceptors (Lipinski definition) is 4. The third-order valence-corrected chi connectivity index (χ3v) is 5.05. The van der Waals surface area contributed by atoms with Crippen LogP contribution in [0.4, 0.5) is 0 Å². The molecule has 1 saturated carbocycles. The van der Waals surface area contributed by atoms with Crippen molar-refractivity contribution in [3.63, 3.8) is 0 Å². The second kappa shape index (κ2) is 6.46. The summed E-state index contributed by atoms with van der Waals surface area (Å²) in [5.74, 6) is 0.800. The molecular formula is C18H23N5O2. The van der Waals surface area contributed by atoms with Gasteiger partial charge in [-0.05, 0) is 31.4 Å². The minimum absolute atomic E-state index is 0.0466. The normalized spacial score (nSPS) is 20.2. The molecule has 2 aromatic heterocycles. The Morgan fingerprint density at radius 3 is 2.92 bits per heavy atom. The molecule has 25 heavy (non-hydrogen) atoms. The number of carbonyl (C=O) groups is 2. The largest absolute Gasteiger partial charge is 0.354 e. The summed E-state index contributed by atoms with van der Waals surface area (Å²) < 4.78 is 1.87. The van der Waals surface area contributed by atoms with Gasteiger partial charge in [-0.1, -0.05) is 0 Å². The lowest BCUT2D eigenvalue weighted by molar-refractivity contribution is -0.131. The number of carbonyl (C=O) groups excluding carboxylic acids is 2. The van der Waals surface area contributed by atoms with Crippen LogP contribution in [0.1, 0.15) is 37.8 Å². The van der Waals surface area contributed by atoms with E-state index in [1.54, 1.807) is 6.20 Å². The summed E-state index contributed by atoms with van der Waals surface area (Å²) in [6.07, 6.45) is 4.81. The topological polar surface area (TPSA) is 80.1 Å². The predicted octanol–water partition coefficient (Wildman–Crippen LogP) is 1.29. The second-order valence-corrected chi connectivity index (χ2v) is 7.01. The summed E-state index contributed by atoms with van der Waals surface area (Å²) in [5, 5.41) is 8.64. The first kappa shape index (κ1) is 16.1. The number of hydrogen-bond donors (Lipinski definition) is 1. The molecule has 0 spiro atoms. The van der Waals surface area contributed by atoms with Gasteiger partial charge in [-0.2, -0.15) is 5.10 Å². The highest BCUT2D eigenvalue weighted by Gasteiger charge is 2.37. The average molecular weight is 341 g/mol. The van der Waals surface area contributed by atoms with Gasteiger partial charge in [0.05, 0.1) is 12.2 Å². The van der Waals surface area contributed by atoms with Crippen LogP contribution in [0.5, 0.6) is 0 Å². The second-order valence-electron chi connectivity index (χ2n) is 7.01. The van der Waals surface area contributed by atoms with Crippen molar-refractivity contribution >= 4 is 22.8 Å². The molecule has 1 saturated heterocycles. The fourth-order valence-corrected chi connectivity index (χ4v) is 3.60. The van der Waals surface area contributed by atoms with Crippen molar-refractivity contribution in [2.24, 2.45) is 5.92 Å². The molecule has 0 unspecified atom stereocenters. The maximum absolute atomic E-state index is 12.3. The molecule has 1 N–H and O–H groups in total. The van der Waals surface area contributed by atoms with Crippen molar-refractivity contribution in [1.82, 2.24) is 25.0 Å². The SMILES string of the molecule is CC(=O)NCCn1nc([C@@H]2CCN(C(=O)C3CC3)C2)c2cccnc21. The molecule has 1 atom stereocenters. The summed E-state index contributed by atoms with van der Waals surface area (Å²) in [7, 11) is 0. The number of fused-ring (bicyclic) bond motifs is 1. The first-order valence-electron chi connectivity index (χ1n) is 8.98. The fraction of sp³-hybridized carbons (Fsp3) is 0.556. The Labute approximate surface area is 146 Å². The number of nitrogens with one attached hydrogen (secondary N) is 1.